The van der Waals surface area contributed by atoms with Crippen LogP contribution in [0, 0.1) is 35.0 Å². The van der Waals surface area contributed by atoms with Crippen LogP contribution < -0.4 is 0 Å². The van der Waals surface area contributed by atoms with E-state index in [1.54, 1.807) is 5.57 Å². The molecule has 0 N–H and O–H groups in total. The molecule has 25 heavy (non-hydrogen) atoms. The SMILES string of the molecule is CC1=CC2CCC3C(C2C1)C1OC(C)(C)OC1C1CC(=O)CCC13C. The van der Waals surface area contributed by atoms with Gasteiger partial charge in [-0.3, -0.25) is 4.79 Å². The van der Waals surface area contributed by atoms with Crippen LogP contribution in [-0.4, -0.2) is 23.8 Å². The van der Waals surface area contributed by atoms with Crippen molar-refractivity contribution in [3.63, 3.8) is 0 Å². The van der Waals surface area contributed by atoms with Gasteiger partial charge in [0, 0.05) is 18.8 Å². The molecule has 1 aliphatic heterocycles. The molecule has 3 nitrogen and oxygen atoms in total. The molecule has 0 spiro atoms. The van der Waals surface area contributed by atoms with Gasteiger partial charge in [0.15, 0.2) is 5.79 Å². The van der Waals surface area contributed by atoms with Crippen molar-refractivity contribution in [1.29, 1.82) is 0 Å². The fourth-order valence-corrected chi connectivity index (χ4v) is 7.46. The molecule has 0 aromatic rings. The van der Waals surface area contributed by atoms with Gasteiger partial charge in [0.2, 0.25) is 0 Å². The topological polar surface area (TPSA) is 35.5 Å². The normalized spacial score (nSPS) is 53.5. The summed E-state index contributed by atoms with van der Waals surface area (Å²) < 4.78 is 13.0. The Morgan fingerprint density at radius 3 is 2.60 bits per heavy atom. The molecule has 4 fully saturated rings. The zero-order valence-electron chi connectivity index (χ0n) is 16.1. The molecule has 5 aliphatic rings. The average Bonchev–Trinajstić information content (AvgIpc) is 3.06. The average molecular weight is 344 g/mol. The molecule has 1 saturated heterocycles. The summed E-state index contributed by atoms with van der Waals surface area (Å²) in [6, 6.07) is 0. The van der Waals surface area contributed by atoms with Gasteiger partial charge in [-0.2, -0.15) is 0 Å². The van der Waals surface area contributed by atoms with Gasteiger partial charge in [-0.05, 0) is 75.5 Å². The lowest BCUT2D eigenvalue weighted by Gasteiger charge is -2.60. The van der Waals surface area contributed by atoms with Crippen LogP contribution in [0.2, 0.25) is 0 Å². The second kappa shape index (κ2) is 5.19. The molecule has 138 valence electrons. The van der Waals surface area contributed by atoms with Gasteiger partial charge in [0.05, 0.1) is 12.2 Å². The second-order valence-electron chi connectivity index (χ2n) is 10.2. The predicted octanol–water partition coefficient (Wildman–Crippen LogP) is 4.50. The van der Waals surface area contributed by atoms with Crippen molar-refractivity contribution in [2.45, 2.75) is 84.2 Å². The number of allylic oxidation sites excluding steroid dienone is 2. The first-order valence-corrected chi connectivity index (χ1v) is 10.3. The van der Waals surface area contributed by atoms with Crippen molar-refractivity contribution in [3.05, 3.63) is 11.6 Å². The molecule has 0 radical (unpaired) electrons. The van der Waals surface area contributed by atoms with Crippen LogP contribution in [0.4, 0.5) is 0 Å². The van der Waals surface area contributed by atoms with E-state index < -0.39 is 5.79 Å². The van der Waals surface area contributed by atoms with E-state index in [0.29, 0.717) is 30.0 Å². The maximum atomic E-state index is 12.3. The Morgan fingerprint density at radius 1 is 1.04 bits per heavy atom. The molecule has 0 bridgehead atoms. The van der Waals surface area contributed by atoms with Crippen LogP contribution in [0.3, 0.4) is 0 Å². The molecule has 5 rings (SSSR count). The Morgan fingerprint density at radius 2 is 1.80 bits per heavy atom. The monoisotopic (exact) mass is 344 g/mol. The van der Waals surface area contributed by atoms with E-state index in [1.807, 2.05) is 0 Å². The van der Waals surface area contributed by atoms with Crippen molar-refractivity contribution in [2.24, 2.45) is 35.0 Å². The van der Waals surface area contributed by atoms with Crippen LogP contribution >= 0.6 is 0 Å². The van der Waals surface area contributed by atoms with E-state index in [2.05, 4.69) is 33.8 Å². The molecule has 0 aromatic carbocycles. The van der Waals surface area contributed by atoms with E-state index in [9.17, 15) is 4.79 Å². The molecule has 1 heterocycles. The number of ketones is 1. The number of carbonyl (C=O) groups is 1. The van der Waals surface area contributed by atoms with E-state index >= 15 is 0 Å². The quantitative estimate of drug-likeness (QED) is 0.607. The summed E-state index contributed by atoms with van der Waals surface area (Å²) in [6.07, 6.45) is 9.18. The summed E-state index contributed by atoms with van der Waals surface area (Å²) in [4.78, 5) is 12.3. The molecular weight excluding hydrogens is 312 g/mol. The van der Waals surface area contributed by atoms with E-state index in [-0.39, 0.29) is 17.6 Å². The Hall–Kier alpha value is -0.670. The minimum absolute atomic E-state index is 0.102. The summed E-state index contributed by atoms with van der Waals surface area (Å²) in [7, 11) is 0. The molecule has 3 saturated carbocycles. The number of fused-ring (bicyclic) bond motifs is 8. The predicted molar refractivity (Wildman–Crippen MR) is 95.8 cm³/mol. The number of Topliss-reactive ketones (excluding diaryl/α,β-unsaturated/α-hetero) is 1. The number of hydrogen-bond donors (Lipinski definition) is 0. The minimum Gasteiger partial charge on any atom is -0.344 e. The number of rotatable bonds is 0. The fraction of sp³-hybridized carbons (Fsp3) is 0.864. The summed E-state index contributed by atoms with van der Waals surface area (Å²) in [6.45, 7) is 8.89. The minimum atomic E-state index is -0.514. The highest BCUT2D eigenvalue weighted by molar-refractivity contribution is 5.79. The molecule has 8 atom stereocenters. The van der Waals surface area contributed by atoms with E-state index in [1.165, 1.54) is 19.3 Å². The van der Waals surface area contributed by atoms with Crippen molar-refractivity contribution < 1.29 is 14.3 Å². The molecule has 8 unspecified atom stereocenters. The first-order valence-electron chi connectivity index (χ1n) is 10.3. The number of ether oxygens (including phenoxy) is 2. The summed E-state index contributed by atoms with van der Waals surface area (Å²) in [5.74, 6) is 2.99. The second-order valence-corrected chi connectivity index (χ2v) is 10.2. The lowest BCUT2D eigenvalue weighted by atomic mass is 9.45. The Bertz CT molecular complexity index is 635. The van der Waals surface area contributed by atoms with Crippen molar-refractivity contribution in [1.82, 2.24) is 0 Å². The van der Waals surface area contributed by atoms with Gasteiger partial charge >= 0.3 is 0 Å². The van der Waals surface area contributed by atoms with Gasteiger partial charge in [-0.15, -0.1) is 0 Å². The Balaban J connectivity index is 1.57. The largest absolute Gasteiger partial charge is 0.344 e. The third-order valence-corrected chi connectivity index (χ3v) is 8.40. The smallest absolute Gasteiger partial charge is 0.163 e. The van der Waals surface area contributed by atoms with Crippen LogP contribution in [0.15, 0.2) is 11.6 Å². The van der Waals surface area contributed by atoms with Gasteiger partial charge in [0.1, 0.15) is 5.78 Å². The zero-order chi connectivity index (χ0) is 17.6. The number of carbonyl (C=O) groups excluding carboxylic acids is 1. The van der Waals surface area contributed by atoms with Crippen molar-refractivity contribution in [3.8, 4) is 0 Å². The van der Waals surface area contributed by atoms with Crippen LogP contribution in [0.1, 0.15) is 66.2 Å². The van der Waals surface area contributed by atoms with Crippen LogP contribution in [0.25, 0.3) is 0 Å². The van der Waals surface area contributed by atoms with Crippen LogP contribution in [0.5, 0.6) is 0 Å². The van der Waals surface area contributed by atoms with Gasteiger partial charge in [-0.25, -0.2) is 0 Å². The molecule has 0 aromatic heterocycles. The van der Waals surface area contributed by atoms with Gasteiger partial charge in [-0.1, -0.05) is 18.6 Å². The third-order valence-electron chi connectivity index (χ3n) is 8.40. The summed E-state index contributed by atoms with van der Waals surface area (Å²) >= 11 is 0. The molecule has 3 heteroatoms. The molecule has 4 aliphatic carbocycles. The maximum Gasteiger partial charge on any atom is 0.163 e. The highest BCUT2D eigenvalue weighted by Crippen LogP contribution is 2.65. The Kier molecular flexibility index (Phi) is 3.43. The molecule has 0 amide bonds. The first-order chi connectivity index (χ1) is 11.8. The van der Waals surface area contributed by atoms with Gasteiger partial charge < -0.3 is 9.47 Å². The fourth-order valence-electron chi connectivity index (χ4n) is 7.46. The lowest BCUT2D eigenvalue weighted by molar-refractivity contribution is -0.167. The van der Waals surface area contributed by atoms with Crippen molar-refractivity contribution in [2.75, 3.05) is 0 Å². The van der Waals surface area contributed by atoms with Crippen LogP contribution in [-0.2, 0) is 14.3 Å². The third kappa shape index (κ3) is 2.27. The lowest BCUT2D eigenvalue weighted by Crippen LogP contribution is -2.61. The highest BCUT2D eigenvalue weighted by atomic mass is 16.8. The Labute approximate surface area is 151 Å². The van der Waals surface area contributed by atoms with E-state index in [0.717, 1.165) is 24.7 Å². The first kappa shape index (κ1) is 16.5. The maximum absolute atomic E-state index is 12.3. The zero-order valence-corrected chi connectivity index (χ0v) is 16.1. The molecular formula is C22H32O3. The standard InChI is InChI=1S/C22H32O3/c1-12-9-13-5-6-16-18(15(13)10-12)20-19(24-21(2,3)25-20)17-11-14(23)7-8-22(16,17)4/h9,13,15-20H,5-8,10-11H2,1-4H3. The van der Waals surface area contributed by atoms with Crippen molar-refractivity contribution >= 4 is 5.78 Å². The highest BCUT2D eigenvalue weighted by Gasteiger charge is 2.65. The van der Waals surface area contributed by atoms with E-state index in [4.69, 9.17) is 9.47 Å². The summed E-state index contributed by atoms with van der Waals surface area (Å²) in [5.41, 5.74) is 1.81. The van der Waals surface area contributed by atoms with Gasteiger partial charge in [0.25, 0.3) is 0 Å². The summed E-state index contributed by atoms with van der Waals surface area (Å²) in [5, 5.41) is 0. The number of hydrogen-bond acceptors (Lipinski definition) is 3.